The van der Waals surface area contributed by atoms with Gasteiger partial charge in [0.2, 0.25) is 17.8 Å². The molecule has 0 atom stereocenters. The minimum absolute atomic E-state index is 0.0649. The van der Waals surface area contributed by atoms with Gasteiger partial charge in [-0.3, -0.25) is 10.6 Å². The van der Waals surface area contributed by atoms with E-state index < -0.39 is 0 Å². The van der Waals surface area contributed by atoms with E-state index in [9.17, 15) is 0 Å². The minimum atomic E-state index is -0.0649. The first-order chi connectivity index (χ1) is 10.7. The van der Waals surface area contributed by atoms with Crippen molar-refractivity contribution in [1.29, 1.82) is 0 Å². The second kappa shape index (κ2) is 5.63. The lowest BCUT2D eigenvalue weighted by molar-refractivity contribution is 0.869. The number of hydrogen-bond acceptors (Lipinski definition) is 11. The highest BCUT2D eigenvalue weighted by molar-refractivity contribution is 5.44. The number of rotatable bonds is 5. The van der Waals surface area contributed by atoms with Crippen molar-refractivity contribution >= 4 is 29.7 Å². The van der Waals surface area contributed by atoms with Gasteiger partial charge in [-0.25, -0.2) is 10.2 Å². The summed E-state index contributed by atoms with van der Waals surface area (Å²) in [5, 5.41) is 36.4. The lowest BCUT2D eigenvalue weighted by Crippen LogP contribution is -2.06. The molecule has 0 radical (unpaired) electrons. The van der Waals surface area contributed by atoms with Crippen molar-refractivity contribution in [3.63, 3.8) is 0 Å². The highest BCUT2D eigenvalue weighted by atomic mass is 15.4. The SMILES string of the molecule is Cc1n[nH]c(Nc2nnc(Nc3nc(N=[N+]=[N-])n[nH]3)nn2)n1. The standard InChI is InChI=1S/C7H7N15/c1-2-9-3(14-13-2)10-5-16-18-6(19-17-5)11-4-12-7(20-15-4)21-22-8/h1H3,(H2,9,10,13,14,16,17)(H2,11,12,15,18,19,20). The van der Waals surface area contributed by atoms with E-state index in [-0.39, 0.29) is 23.8 Å². The van der Waals surface area contributed by atoms with Gasteiger partial charge in [-0.05, 0) is 17.6 Å². The van der Waals surface area contributed by atoms with E-state index in [0.29, 0.717) is 11.8 Å². The summed E-state index contributed by atoms with van der Waals surface area (Å²) in [7, 11) is 0. The Morgan fingerprint density at radius 3 is 2.09 bits per heavy atom. The molecule has 0 saturated heterocycles. The summed E-state index contributed by atoms with van der Waals surface area (Å²) in [6.45, 7) is 1.73. The highest BCUT2D eigenvalue weighted by Crippen LogP contribution is 2.10. The molecule has 0 unspecified atom stereocenters. The largest absolute Gasteiger partial charge is 0.290 e. The fourth-order valence-electron chi connectivity index (χ4n) is 1.34. The van der Waals surface area contributed by atoms with E-state index in [0.717, 1.165) is 0 Å². The third-order valence-electron chi connectivity index (χ3n) is 2.14. The number of hydrogen-bond donors (Lipinski definition) is 4. The Morgan fingerprint density at radius 1 is 0.955 bits per heavy atom. The Balaban J connectivity index is 1.66. The maximum Gasteiger partial charge on any atom is 0.269 e. The maximum absolute atomic E-state index is 8.25. The molecule has 0 aliphatic heterocycles. The number of nitrogens with zero attached hydrogens (tertiary/aromatic N) is 11. The first-order valence-electron chi connectivity index (χ1n) is 5.71. The van der Waals surface area contributed by atoms with Crippen LogP contribution in [0.15, 0.2) is 5.11 Å². The van der Waals surface area contributed by atoms with Crippen LogP contribution in [0.5, 0.6) is 0 Å². The zero-order valence-corrected chi connectivity index (χ0v) is 10.9. The molecule has 0 aromatic carbocycles. The van der Waals surface area contributed by atoms with Gasteiger partial charge in [0.25, 0.3) is 11.9 Å². The van der Waals surface area contributed by atoms with Crippen LogP contribution >= 0.6 is 0 Å². The van der Waals surface area contributed by atoms with Crippen LogP contribution in [0.2, 0.25) is 0 Å². The van der Waals surface area contributed by atoms with E-state index in [1.165, 1.54) is 0 Å². The van der Waals surface area contributed by atoms with Gasteiger partial charge in [-0.15, -0.1) is 20.4 Å². The lowest BCUT2D eigenvalue weighted by Gasteiger charge is -2.00. The third-order valence-corrected chi connectivity index (χ3v) is 2.14. The van der Waals surface area contributed by atoms with Crippen LogP contribution in [0.25, 0.3) is 10.4 Å². The fraction of sp³-hybridized carbons (Fsp3) is 0.143. The maximum atomic E-state index is 8.25. The normalized spacial score (nSPS) is 10.0. The van der Waals surface area contributed by atoms with Crippen molar-refractivity contribution in [3.05, 3.63) is 16.3 Å². The molecule has 0 amide bonds. The molecule has 3 rings (SSSR count). The summed E-state index contributed by atoms with van der Waals surface area (Å²) in [4.78, 5) is 10.4. The van der Waals surface area contributed by atoms with Crippen molar-refractivity contribution < 1.29 is 0 Å². The van der Waals surface area contributed by atoms with Gasteiger partial charge in [0, 0.05) is 4.91 Å². The predicted molar refractivity (Wildman–Crippen MR) is 70.5 cm³/mol. The average Bonchev–Trinajstić information content (AvgIpc) is 3.11. The monoisotopic (exact) mass is 301 g/mol. The molecule has 22 heavy (non-hydrogen) atoms. The van der Waals surface area contributed by atoms with Crippen molar-refractivity contribution in [3.8, 4) is 0 Å². The summed E-state index contributed by atoms with van der Waals surface area (Å²) in [6, 6.07) is 0. The van der Waals surface area contributed by atoms with Crippen LogP contribution in [0.3, 0.4) is 0 Å². The first kappa shape index (κ1) is 13.1. The van der Waals surface area contributed by atoms with Gasteiger partial charge in [0.05, 0.1) is 0 Å². The van der Waals surface area contributed by atoms with Crippen LogP contribution in [0.4, 0.5) is 29.7 Å². The molecule has 110 valence electrons. The molecular weight excluding hydrogens is 294 g/mol. The number of azide groups is 1. The summed E-state index contributed by atoms with van der Waals surface area (Å²) in [5.41, 5.74) is 8.25. The number of aromatic nitrogens is 10. The summed E-state index contributed by atoms with van der Waals surface area (Å²) >= 11 is 0. The van der Waals surface area contributed by atoms with Gasteiger partial charge in [-0.2, -0.15) is 20.2 Å². The molecule has 0 saturated carbocycles. The van der Waals surface area contributed by atoms with Gasteiger partial charge in [-0.1, -0.05) is 0 Å². The number of anilines is 4. The molecule has 0 spiro atoms. The van der Waals surface area contributed by atoms with Crippen molar-refractivity contribution in [2.45, 2.75) is 6.92 Å². The Bertz CT molecular complexity index is 807. The molecule has 15 heteroatoms. The first-order valence-corrected chi connectivity index (χ1v) is 5.71. The van der Waals surface area contributed by atoms with Crippen molar-refractivity contribution in [1.82, 2.24) is 50.8 Å². The topological polar surface area (TPSA) is 208 Å². The van der Waals surface area contributed by atoms with Gasteiger partial charge >= 0.3 is 0 Å². The van der Waals surface area contributed by atoms with Gasteiger partial charge < -0.3 is 0 Å². The molecule has 0 aliphatic carbocycles. The molecule has 0 bridgehead atoms. The lowest BCUT2D eigenvalue weighted by atomic mass is 10.7. The van der Waals surface area contributed by atoms with Crippen LogP contribution in [-0.4, -0.2) is 50.8 Å². The molecule has 3 aromatic heterocycles. The molecule has 0 aliphatic rings. The van der Waals surface area contributed by atoms with Crippen LogP contribution in [-0.2, 0) is 0 Å². The molecular formula is C7H7N15. The minimum Gasteiger partial charge on any atom is -0.290 e. The Kier molecular flexibility index (Phi) is 3.36. The van der Waals surface area contributed by atoms with Crippen molar-refractivity contribution in [2.75, 3.05) is 10.6 Å². The smallest absolute Gasteiger partial charge is 0.269 e. The second-order valence-corrected chi connectivity index (χ2v) is 3.70. The van der Waals surface area contributed by atoms with E-state index in [1.54, 1.807) is 6.92 Å². The van der Waals surface area contributed by atoms with E-state index in [4.69, 9.17) is 5.53 Å². The molecule has 3 aromatic rings. The van der Waals surface area contributed by atoms with Crippen LogP contribution < -0.4 is 10.6 Å². The van der Waals surface area contributed by atoms with Crippen LogP contribution in [0, 0.1) is 6.92 Å². The van der Waals surface area contributed by atoms with E-state index >= 15 is 0 Å². The molecule has 15 nitrogen and oxygen atoms in total. The third kappa shape index (κ3) is 2.99. The second-order valence-electron chi connectivity index (χ2n) is 3.70. The summed E-state index contributed by atoms with van der Waals surface area (Å²) in [6.07, 6.45) is 0. The Hall–Kier alpha value is -3.87. The summed E-state index contributed by atoms with van der Waals surface area (Å²) < 4.78 is 0. The zero-order chi connectivity index (χ0) is 15.4. The molecule has 4 N–H and O–H groups in total. The van der Waals surface area contributed by atoms with Gasteiger partial charge in [0.15, 0.2) is 0 Å². The zero-order valence-electron chi connectivity index (χ0n) is 10.9. The number of H-pyrrole nitrogens is 2. The quantitative estimate of drug-likeness (QED) is 0.286. The van der Waals surface area contributed by atoms with E-state index in [2.05, 4.69) is 71.4 Å². The number of aromatic amines is 2. The number of nitrogens with one attached hydrogen (secondary N) is 4. The van der Waals surface area contributed by atoms with E-state index in [1.807, 2.05) is 0 Å². The molecule has 3 heterocycles. The fourth-order valence-corrected chi connectivity index (χ4v) is 1.34. The van der Waals surface area contributed by atoms with Crippen molar-refractivity contribution in [2.24, 2.45) is 5.11 Å². The Morgan fingerprint density at radius 2 is 1.55 bits per heavy atom. The van der Waals surface area contributed by atoms with Gasteiger partial charge in [0.1, 0.15) is 5.82 Å². The molecule has 0 fully saturated rings. The number of aryl methyl sites for hydroxylation is 1. The highest BCUT2D eigenvalue weighted by Gasteiger charge is 2.07. The average molecular weight is 301 g/mol. The predicted octanol–water partition coefficient (Wildman–Crippen LogP) is 0.240. The van der Waals surface area contributed by atoms with Crippen LogP contribution in [0.1, 0.15) is 5.82 Å². The summed E-state index contributed by atoms with van der Waals surface area (Å²) in [5.74, 6) is 1.26. The Labute approximate surface area is 120 Å².